The molecule has 9 heavy (non-hydrogen) atoms. The maximum atomic E-state index is 3.78. The molecule has 0 unspecified atom stereocenters. The Morgan fingerprint density at radius 2 is 2.56 bits per heavy atom. The monoisotopic (exact) mass is 147 g/mol. The van der Waals surface area contributed by atoms with Crippen LogP contribution in [0.5, 0.6) is 0 Å². The summed E-state index contributed by atoms with van der Waals surface area (Å²) in [7, 11) is 1.90. The molecule has 0 bridgehead atoms. The van der Waals surface area contributed by atoms with E-state index in [1.54, 1.807) is 6.20 Å². The van der Waals surface area contributed by atoms with Crippen molar-refractivity contribution < 1.29 is 0 Å². The molecular weight excluding hydrogens is 138 g/mol. The minimum Gasteiger partial charge on any atom is -0.314 e. The number of hydrogen-bond acceptors (Lipinski definition) is 2. The zero-order chi connectivity index (χ0) is 5.82. The van der Waals surface area contributed by atoms with Crippen molar-refractivity contribution in [2.75, 3.05) is 7.05 Å². The Balaban J connectivity index is 0.000000640. The van der Waals surface area contributed by atoms with Crippen LogP contribution in [0.25, 0.3) is 0 Å². The number of aromatic nitrogens is 2. The Morgan fingerprint density at radius 1 is 1.78 bits per heavy atom. The summed E-state index contributed by atoms with van der Waals surface area (Å²) in [5.41, 5.74) is 1.12. The van der Waals surface area contributed by atoms with Gasteiger partial charge in [0.2, 0.25) is 0 Å². The highest BCUT2D eigenvalue weighted by atomic mass is 35.5. The van der Waals surface area contributed by atoms with Crippen LogP contribution in [-0.2, 0) is 6.54 Å². The summed E-state index contributed by atoms with van der Waals surface area (Å²) >= 11 is 0. The number of hydrogen-bond donors (Lipinski definition) is 2. The van der Waals surface area contributed by atoms with Crippen molar-refractivity contribution in [3.63, 3.8) is 0 Å². The first-order valence-corrected chi connectivity index (χ1v) is 2.56. The van der Waals surface area contributed by atoms with Crippen LogP contribution in [0.2, 0.25) is 0 Å². The summed E-state index contributed by atoms with van der Waals surface area (Å²) in [6.07, 6.45) is 1.74. The number of halogens is 1. The second kappa shape index (κ2) is 4.35. The lowest BCUT2D eigenvalue weighted by molar-refractivity contribution is 0.784. The van der Waals surface area contributed by atoms with E-state index in [0.717, 1.165) is 12.2 Å². The molecule has 1 aromatic heterocycles. The third-order valence-electron chi connectivity index (χ3n) is 0.926. The van der Waals surface area contributed by atoms with Crippen LogP contribution in [0.1, 0.15) is 5.69 Å². The summed E-state index contributed by atoms with van der Waals surface area (Å²) in [6, 6.07) is 1.94. The van der Waals surface area contributed by atoms with Crippen molar-refractivity contribution in [1.82, 2.24) is 15.5 Å². The van der Waals surface area contributed by atoms with Crippen LogP contribution in [-0.4, -0.2) is 17.2 Å². The molecule has 0 saturated heterocycles. The predicted molar refractivity (Wildman–Crippen MR) is 38.6 cm³/mol. The van der Waals surface area contributed by atoms with Gasteiger partial charge in [-0.2, -0.15) is 5.10 Å². The molecule has 0 spiro atoms. The summed E-state index contributed by atoms with van der Waals surface area (Å²) in [5.74, 6) is 0. The van der Waals surface area contributed by atoms with Gasteiger partial charge in [0.1, 0.15) is 0 Å². The Hall–Kier alpha value is -0.540. The zero-order valence-corrected chi connectivity index (χ0v) is 6.03. The van der Waals surface area contributed by atoms with E-state index in [-0.39, 0.29) is 12.4 Å². The van der Waals surface area contributed by atoms with Crippen molar-refractivity contribution in [2.24, 2.45) is 0 Å². The lowest BCUT2D eigenvalue weighted by Crippen LogP contribution is -2.04. The van der Waals surface area contributed by atoms with Crippen LogP contribution in [0.15, 0.2) is 12.3 Å². The van der Waals surface area contributed by atoms with Crippen molar-refractivity contribution >= 4 is 12.4 Å². The summed E-state index contributed by atoms with van der Waals surface area (Å²) in [5, 5.41) is 9.60. The van der Waals surface area contributed by atoms with Gasteiger partial charge in [0.15, 0.2) is 0 Å². The van der Waals surface area contributed by atoms with E-state index in [2.05, 4.69) is 15.5 Å². The maximum Gasteiger partial charge on any atom is 0.0490 e. The second-order valence-electron chi connectivity index (χ2n) is 1.61. The molecule has 1 aromatic rings. The highest BCUT2D eigenvalue weighted by molar-refractivity contribution is 5.85. The van der Waals surface area contributed by atoms with E-state index in [1.165, 1.54) is 0 Å². The molecule has 2 N–H and O–H groups in total. The maximum absolute atomic E-state index is 3.78. The number of aromatic amines is 1. The highest BCUT2D eigenvalue weighted by Crippen LogP contribution is 1.87. The number of nitrogens with zero attached hydrogens (tertiary/aromatic N) is 1. The van der Waals surface area contributed by atoms with Gasteiger partial charge in [-0.05, 0) is 13.1 Å². The van der Waals surface area contributed by atoms with E-state index in [4.69, 9.17) is 0 Å². The molecule has 0 aliphatic rings. The molecule has 0 atom stereocenters. The smallest absolute Gasteiger partial charge is 0.0490 e. The van der Waals surface area contributed by atoms with E-state index in [9.17, 15) is 0 Å². The summed E-state index contributed by atoms with van der Waals surface area (Å²) < 4.78 is 0. The van der Waals surface area contributed by atoms with E-state index < -0.39 is 0 Å². The standard InChI is InChI=1S/C5H9N3.ClH/c1-6-4-5-2-3-7-8-5;/h2-3,6H,4H2,1H3,(H,7,8);1H. The normalized spacial score (nSPS) is 8.56. The summed E-state index contributed by atoms with van der Waals surface area (Å²) in [6.45, 7) is 0.861. The van der Waals surface area contributed by atoms with Gasteiger partial charge in [-0.3, -0.25) is 5.10 Å². The van der Waals surface area contributed by atoms with Crippen molar-refractivity contribution in [3.05, 3.63) is 18.0 Å². The topological polar surface area (TPSA) is 40.7 Å². The lowest BCUT2D eigenvalue weighted by atomic mass is 10.4. The number of rotatable bonds is 2. The lowest BCUT2D eigenvalue weighted by Gasteiger charge is -1.89. The second-order valence-corrected chi connectivity index (χ2v) is 1.61. The first-order valence-electron chi connectivity index (χ1n) is 2.56. The molecule has 0 aliphatic carbocycles. The molecule has 0 fully saturated rings. The average molecular weight is 148 g/mol. The first kappa shape index (κ1) is 8.46. The molecule has 0 amide bonds. The van der Waals surface area contributed by atoms with Crippen LogP contribution >= 0.6 is 12.4 Å². The van der Waals surface area contributed by atoms with Crippen molar-refractivity contribution in [1.29, 1.82) is 0 Å². The van der Waals surface area contributed by atoms with Crippen molar-refractivity contribution in [3.8, 4) is 0 Å². The largest absolute Gasteiger partial charge is 0.314 e. The predicted octanol–water partition coefficient (Wildman–Crippen LogP) is 0.551. The zero-order valence-electron chi connectivity index (χ0n) is 5.22. The van der Waals surface area contributed by atoms with Gasteiger partial charge in [-0.1, -0.05) is 0 Å². The highest BCUT2D eigenvalue weighted by Gasteiger charge is 1.85. The third-order valence-corrected chi connectivity index (χ3v) is 0.926. The van der Waals surface area contributed by atoms with Gasteiger partial charge in [0.25, 0.3) is 0 Å². The fraction of sp³-hybridized carbons (Fsp3) is 0.400. The minimum atomic E-state index is 0. The first-order chi connectivity index (χ1) is 3.93. The van der Waals surface area contributed by atoms with Gasteiger partial charge >= 0.3 is 0 Å². The molecule has 1 rings (SSSR count). The Bertz CT molecular complexity index is 138. The van der Waals surface area contributed by atoms with Crippen LogP contribution in [0.4, 0.5) is 0 Å². The number of nitrogens with one attached hydrogen (secondary N) is 2. The summed E-state index contributed by atoms with van der Waals surface area (Å²) in [4.78, 5) is 0. The quantitative estimate of drug-likeness (QED) is 0.642. The molecule has 0 radical (unpaired) electrons. The Morgan fingerprint density at radius 3 is 3.00 bits per heavy atom. The van der Waals surface area contributed by atoms with Gasteiger partial charge in [0, 0.05) is 18.4 Å². The number of H-pyrrole nitrogens is 1. The Labute approximate surface area is 60.3 Å². The fourth-order valence-electron chi connectivity index (χ4n) is 0.574. The van der Waals surface area contributed by atoms with E-state index in [1.807, 2.05) is 13.1 Å². The van der Waals surface area contributed by atoms with Crippen LogP contribution < -0.4 is 5.32 Å². The molecule has 4 heteroatoms. The van der Waals surface area contributed by atoms with E-state index >= 15 is 0 Å². The average Bonchev–Trinajstić information content (AvgIpc) is 2.19. The van der Waals surface area contributed by atoms with Crippen molar-refractivity contribution in [2.45, 2.75) is 6.54 Å². The molecule has 0 saturated carbocycles. The Kier molecular flexibility index (Phi) is 4.09. The van der Waals surface area contributed by atoms with Gasteiger partial charge in [-0.25, -0.2) is 0 Å². The minimum absolute atomic E-state index is 0. The van der Waals surface area contributed by atoms with E-state index in [0.29, 0.717) is 0 Å². The SMILES string of the molecule is CNCc1ccn[nH]1.Cl. The van der Waals surface area contributed by atoms with Crippen LogP contribution in [0, 0.1) is 0 Å². The molecule has 3 nitrogen and oxygen atoms in total. The molecule has 0 aliphatic heterocycles. The fourth-order valence-corrected chi connectivity index (χ4v) is 0.574. The van der Waals surface area contributed by atoms with Gasteiger partial charge in [0.05, 0.1) is 0 Å². The third kappa shape index (κ3) is 2.49. The molecule has 52 valence electrons. The van der Waals surface area contributed by atoms with Gasteiger partial charge < -0.3 is 5.32 Å². The molecule has 0 aromatic carbocycles. The molecular formula is C5H10ClN3. The van der Waals surface area contributed by atoms with Gasteiger partial charge in [-0.15, -0.1) is 12.4 Å². The molecule has 1 heterocycles. The van der Waals surface area contributed by atoms with Crippen LogP contribution in [0.3, 0.4) is 0 Å².